The number of halogens is 5. The van der Waals surface area contributed by atoms with E-state index in [0.717, 1.165) is 22.2 Å². The normalized spacial score (nSPS) is 19.8. The molecule has 1 fully saturated rings. The third-order valence-electron chi connectivity index (χ3n) is 5.99. The molecular weight excluding hydrogens is 501 g/mol. The van der Waals surface area contributed by atoms with Crippen LogP contribution in [0.15, 0.2) is 36.7 Å². The molecule has 6 nitrogen and oxygen atoms in total. The fourth-order valence-corrected chi connectivity index (χ4v) is 5.25. The summed E-state index contributed by atoms with van der Waals surface area (Å²) in [5.41, 5.74) is 0.718. The molecule has 2 aromatic heterocycles. The number of thiazole rings is 1. The average molecular weight is 526 g/mol. The van der Waals surface area contributed by atoms with E-state index in [2.05, 4.69) is 20.3 Å². The quantitative estimate of drug-likeness (QED) is 0.424. The Kier molecular flexibility index (Phi) is 7.00. The van der Waals surface area contributed by atoms with Gasteiger partial charge in [-0.3, -0.25) is 4.79 Å². The number of amides is 1. The molecule has 12 heteroatoms. The minimum absolute atomic E-state index is 0.00588. The lowest BCUT2D eigenvalue weighted by Gasteiger charge is -2.43. The van der Waals surface area contributed by atoms with Gasteiger partial charge in [-0.2, -0.15) is 13.2 Å². The van der Waals surface area contributed by atoms with Crippen molar-refractivity contribution in [2.75, 3.05) is 18.4 Å². The summed E-state index contributed by atoms with van der Waals surface area (Å²) in [6.07, 6.45) is -3.53. The minimum Gasteiger partial charge on any atom is -0.367 e. The summed E-state index contributed by atoms with van der Waals surface area (Å²) in [6, 6.07) is 6.83. The van der Waals surface area contributed by atoms with Crippen molar-refractivity contribution < 1.29 is 26.7 Å². The lowest BCUT2D eigenvalue weighted by atomic mass is 9.88. The highest BCUT2D eigenvalue weighted by Gasteiger charge is 2.47. The van der Waals surface area contributed by atoms with Gasteiger partial charge in [-0.15, -0.1) is 11.3 Å². The van der Waals surface area contributed by atoms with Crippen LogP contribution in [0, 0.1) is 19.8 Å². The highest BCUT2D eigenvalue weighted by Crippen LogP contribution is 2.38. The molecule has 3 aromatic rings. The van der Waals surface area contributed by atoms with E-state index in [-0.39, 0.29) is 18.1 Å². The second-order valence-corrected chi connectivity index (χ2v) is 10.2. The Labute approximate surface area is 208 Å². The molecule has 2 atom stereocenters. The molecule has 0 unspecified atom stereocenters. The van der Waals surface area contributed by atoms with Gasteiger partial charge in [-0.05, 0) is 25.3 Å². The lowest BCUT2D eigenvalue weighted by Crippen LogP contribution is -2.57. The first kappa shape index (κ1) is 25.9. The number of hydrogen-bond acceptors (Lipinski definition) is 6. The lowest BCUT2D eigenvalue weighted by molar-refractivity contribution is -0.141. The van der Waals surface area contributed by atoms with Crippen molar-refractivity contribution in [1.29, 1.82) is 0 Å². The summed E-state index contributed by atoms with van der Waals surface area (Å²) in [5, 5.41) is 3.47. The SMILES string of the molecule is Cc1cccc(-c2sc(C)nc2C(=O)N2CC(F)(F)C[C@@H](C)[C@H]2CNc2cnc(C(F)(F)F)cn2)c1. The summed E-state index contributed by atoms with van der Waals surface area (Å²) < 4.78 is 67.5. The summed E-state index contributed by atoms with van der Waals surface area (Å²) in [4.78, 5) is 26.8. The van der Waals surface area contributed by atoms with Crippen molar-refractivity contribution in [2.45, 2.75) is 45.3 Å². The van der Waals surface area contributed by atoms with Crippen LogP contribution in [0.1, 0.15) is 40.1 Å². The standard InChI is InChI=1S/C24H24F5N5OS/c1-13-5-4-6-16(7-13)21-20(33-15(3)36-21)22(35)34-12-23(25,26)8-14(2)17(34)9-31-19-11-30-18(10-32-19)24(27,28)29/h4-7,10-11,14,17H,8-9,12H2,1-3H3,(H,31,32)/t14-,17-/m1/s1. The van der Waals surface area contributed by atoms with E-state index in [0.29, 0.717) is 16.1 Å². The highest BCUT2D eigenvalue weighted by atomic mass is 32.1. The van der Waals surface area contributed by atoms with E-state index in [1.165, 1.54) is 11.3 Å². The second kappa shape index (κ2) is 9.72. The molecule has 36 heavy (non-hydrogen) atoms. The molecule has 1 aromatic carbocycles. The van der Waals surface area contributed by atoms with Crippen LogP contribution in [-0.2, 0) is 6.18 Å². The van der Waals surface area contributed by atoms with Gasteiger partial charge in [0.1, 0.15) is 11.5 Å². The summed E-state index contributed by atoms with van der Waals surface area (Å²) in [7, 11) is 0. The Morgan fingerprint density at radius 3 is 2.61 bits per heavy atom. The van der Waals surface area contributed by atoms with Crippen LogP contribution in [0.3, 0.4) is 0 Å². The molecule has 4 rings (SSSR count). The maximum Gasteiger partial charge on any atom is 0.434 e. The molecule has 1 saturated heterocycles. The molecule has 1 amide bonds. The number of rotatable bonds is 5. The summed E-state index contributed by atoms with van der Waals surface area (Å²) in [6.45, 7) is 4.50. The van der Waals surface area contributed by atoms with Gasteiger partial charge in [0.05, 0.1) is 34.9 Å². The predicted octanol–water partition coefficient (Wildman–Crippen LogP) is 5.83. The van der Waals surface area contributed by atoms with Crippen molar-refractivity contribution in [3.63, 3.8) is 0 Å². The van der Waals surface area contributed by atoms with E-state index in [1.807, 2.05) is 31.2 Å². The maximum absolute atomic E-state index is 14.6. The molecule has 1 aliphatic rings. The number of hydrogen-bond donors (Lipinski definition) is 1. The number of nitrogens with one attached hydrogen (secondary N) is 1. The van der Waals surface area contributed by atoms with Gasteiger partial charge in [0.15, 0.2) is 5.69 Å². The molecule has 192 valence electrons. The van der Waals surface area contributed by atoms with E-state index in [9.17, 15) is 26.7 Å². The second-order valence-electron chi connectivity index (χ2n) is 8.98. The van der Waals surface area contributed by atoms with Crippen molar-refractivity contribution >= 4 is 23.1 Å². The summed E-state index contributed by atoms with van der Waals surface area (Å²) >= 11 is 1.31. The van der Waals surface area contributed by atoms with Crippen molar-refractivity contribution in [3.8, 4) is 10.4 Å². The number of carbonyl (C=O) groups is 1. The monoisotopic (exact) mass is 525 g/mol. The highest BCUT2D eigenvalue weighted by molar-refractivity contribution is 7.15. The third kappa shape index (κ3) is 5.63. The molecule has 3 heterocycles. The summed E-state index contributed by atoms with van der Waals surface area (Å²) in [5.74, 6) is -4.26. The van der Waals surface area contributed by atoms with Gasteiger partial charge >= 0.3 is 6.18 Å². The largest absolute Gasteiger partial charge is 0.434 e. The Bertz CT molecular complexity index is 1240. The number of nitrogens with zero attached hydrogens (tertiary/aromatic N) is 4. The topological polar surface area (TPSA) is 71.0 Å². The number of piperidine rings is 1. The predicted molar refractivity (Wildman–Crippen MR) is 126 cm³/mol. The van der Waals surface area contributed by atoms with Crippen LogP contribution in [0.4, 0.5) is 27.8 Å². The van der Waals surface area contributed by atoms with Crippen LogP contribution >= 0.6 is 11.3 Å². The van der Waals surface area contributed by atoms with Crippen LogP contribution in [0.2, 0.25) is 0 Å². The molecule has 0 spiro atoms. The average Bonchev–Trinajstić information content (AvgIpc) is 3.18. The molecule has 1 N–H and O–H groups in total. The zero-order valence-corrected chi connectivity index (χ0v) is 20.6. The maximum atomic E-state index is 14.6. The third-order valence-corrected chi connectivity index (χ3v) is 7.01. The smallest absolute Gasteiger partial charge is 0.367 e. The van der Waals surface area contributed by atoms with Gasteiger partial charge in [0.25, 0.3) is 11.8 Å². The number of likely N-dealkylation sites (tertiary alicyclic amines) is 1. The Morgan fingerprint density at radius 2 is 1.97 bits per heavy atom. The molecule has 1 aliphatic heterocycles. The Morgan fingerprint density at radius 1 is 1.22 bits per heavy atom. The van der Waals surface area contributed by atoms with E-state index >= 15 is 0 Å². The molecule has 0 radical (unpaired) electrons. The Balaban J connectivity index is 1.61. The first-order chi connectivity index (χ1) is 16.8. The molecule has 0 bridgehead atoms. The first-order valence-electron chi connectivity index (χ1n) is 11.2. The van der Waals surface area contributed by atoms with Crippen molar-refractivity contribution in [1.82, 2.24) is 19.9 Å². The van der Waals surface area contributed by atoms with Crippen molar-refractivity contribution in [3.05, 3.63) is 58.6 Å². The zero-order valence-electron chi connectivity index (χ0n) is 19.7. The van der Waals surface area contributed by atoms with Gasteiger partial charge in [-0.1, -0.05) is 36.8 Å². The van der Waals surface area contributed by atoms with Crippen LogP contribution in [0.5, 0.6) is 0 Å². The number of aryl methyl sites for hydroxylation is 2. The number of carbonyl (C=O) groups excluding carboxylic acids is 1. The number of aromatic nitrogens is 3. The number of alkyl halides is 5. The van der Waals surface area contributed by atoms with Gasteiger partial charge < -0.3 is 10.2 Å². The first-order valence-corrected chi connectivity index (χ1v) is 12.0. The molecule has 0 saturated carbocycles. The Hall–Kier alpha value is -3.15. The molecular formula is C24H24F5N5OS. The zero-order chi connectivity index (χ0) is 26.3. The number of anilines is 1. The van der Waals surface area contributed by atoms with E-state index in [4.69, 9.17) is 0 Å². The molecule has 0 aliphatic carbocycles. The van der Waals surface area contributed by atoms with Crippen LogP contribution in [0.25, 0.3) is 10.4 Å². The fraction of sp³-hybridized carbons (Fsp3) is 0.417. The van der Waals surface area contributed by atoms with E-state index in [1.54, 1.807) is 13.8 Å². The minimum atomic E-state index is -4.63. The van der Waals surface area contributed by atoms with Gasteiger partial charge in [0.2, 0.25) is 0 Å². The fourth-order valence-electron chi connectivity index (χ4n) is 4.34. The van der Waals surface area contributed by atoms with E-state index < -0.39 is 48.6 Å². The van der Waals surface area contributed by atoms with Crippen LogP contribution < -0.4 is 5.32 Å². The van der Waals surface area contributed by atoms with Gasteiger partial charge in [-0.25, -0.2) is 23.7 Å². The van der Waals surface area contributed by atoms with Crippen molar-refractivity contribution in [2.24, 2.45) is 5.92 Å². The van der Waals surface area contributed by atoms with Gasteiger partial charge in [0, 0.05) is 13.0 Å². The van der Waals surface area contributed by atoms with Crippen LogP contribution in [-0.4, -0.2) is 50.8 Å². The number of benzene rings is 1.